The van der Waals surface area contributed by atoms with Crippen LogP contribution in [0.2, 0.25) is 0 Å². The summed E-state index contributed by atoms with van der Waals surface area (Å²) in [6.45, 7) is 11.9. The molecular weight excluding hydrogens is 222 g/mol. The van der Waals surface area contributed by atoms with E-state index >= 15 is 0 Å². The van der Waals surface area contributed by atoms with Crippen molar-refractivity contribution in [3.8, 4) is 0 Å². The van der Waals surface area contributed by atoms with Gasteiger partial charge in [0.15, 0.2) is 0 Å². The van der Waals surface area contributed by atoms with Gasteiger partial charge in [0.05, 0.1) is 0 Å². The fourth-order valence-corrected chi connectivity index (χ4v) is 3.87. The Bertz CT molecular complexity index is 226. The summed E-state index contributed by atoms with van der Waals surface area (Å²) in [5, 5.41) is 0. The van der Waals surface area contributed by atoms with E-state index in [4.69, 9.17) is 5.73 Å². The first kappa shape index (κ1) is 14.3. The summed E-state index contributed by atoms with van der Waals surface area (Å²) < 4.78 is 0. The highest BCUT2D eigenvalue weighted by Gasteiger charge is 2.30. The molecule has 1 aliphatic carbocycles. The van der Waals surface area contributed by atoms with Crippen LogP contribution in [0.4, 0.5) is 0 Å². The molecule has 2 aliphatic rings. The smallest absolute Gasteiger partial charge is 0.0113 e. The number of hydrogen-bond donors (Lipinski definition) is 1. The third kappa shape index (κ3) is 3.94. The second-order valence-electron chi connectivity index (χ2n) is 6.59. The molecule has 3 heteroatoms. The Morgan fingerprint density at radius 2 is 1.56 bits per heavy atom. The van der Waals surface area contributed by atoms with Crippen LogP contribution in [-0.2, 0) is 0 Å². The van der Waals surface area contributed by atoms with Crippen molar-refractivity contribution in [3.05, 3.63) is 0 Å². The van der Waals surface area contributed by atoms with Crippen LogP contribution < -0.4 is 5.73 Å². The first-order valence-corrected chi connectivity index (χ1v) is 7.85. The summed E-state index contributed by atoms with van der Waals surface area (Å²) >= 11 is 0. The Labute approximate surface area is 113 Å². The molecule has 1 aliphatic heterocycles. The molecule has 0 aromatic rings. The average Bonchev–Trinajstić information content (AvgIpc) is 2.36. The van der Waals surface area contributed by atoms with Crippen LogP contribution in [0.1, 0.15) is 39.5 Å². The van der Waals surface area contributed by atoms with Gasteiger partial charge in [-0.05, 0) is 50.6 Å². The molecule has 1 saturated carbocycles. The largest absolute Gasteiger partial charge is 0.330 e. The van der Waals surface area contributed by atoms with Gasteiger partial charge in [0.1, 0.15) is 0 Å². The van der Waals surface area contributed by atoms with Crippen molar-refractivity contribution >= 4 is 0 Å². The molecule has 2 rings (SSSR count). The zero-order valence-electron chi connectivity index (χ0n) is 12.3. The zero-order valence-corrected chi connectivity index (χ0v) is 12.3. The molecule has 0 aromatic carbocycles. The van der Waals surface area contributed by atoms with Crippen LogP contribution >= 0.6 is 0 Å². The fourth-order valence-electron chi connectivity index (χ4n) is 3.87. The summed E-state index contributed by atoms with van der Waals surface area (Å²) in [6, 6.07) is 0.861. The predicted octanol–water partition coefficient (Wildman–Crippen LogP) is 1.78. The van der Waals surface area contributed by atoms with Gasteiger partial charge in [-0.25, -0.2) is 0 Å². The summed E-state index contributed by atoms with van der Waals surface area (Å²) in [5.74, 6) is 1.85. The van der Waals surface area contributed by atoms with E-state index in [9.17, 15) is 0 Å². The lowest BCUT2D eigenvalue weighted by Gasteiger charge is -2.43. The lowest BCUT2D eigenvalue weighted by atomic mass is 9.79. The number of piperazine rings is 1. The normalized spacial score (nSPS) is 35.8. The van der Waals surface area contributed by atoms with Gasteiger partial charge in [0.2, 0.25) is 0 Å². The van der Waals surface area contributed by atoms with Gasteiger partial charge in [-0.15, -0.1) is 0 Å². The molecule has 2 fully saturated rings. The van der Waals surface area contributed by atoms with Crippen LogP contribution in [0.5, 0.6) is 0 Å². The molecule has 2 unspecified atom stereocenters. The van der Waals surface area contributed by atoms with Gasteiger partial charge in [-0.1, -0.05) is 13.8 Å². The van der Waals surface area contributed by atoms with Gasteiger partial charge in [0.25, 0.3) is 0 Å². The van der Waals surface area contributed by atoms with Gasteiger partial charge < -0.3 is 10.6 Å². The highest BCUT2D eigenvalue weighted by Crippen LogP contribution is 2.31. The molecule has 3 nitrogen and oxygen atoms in total. The van der Waals surface area contributed by atoms with Crippen LogP contribution in [0.3, 0.4) is 0 Å². The zero-order chi connectivity index (χ0) is 13.0. The maximum Gasteiger partial charge on any atom is 0.0113 e. The SMILES string of the molecule is CC1CC(C)CC(N2CCN(CCCN)CC2)C1. The minimum Gasteiger partial charge on any atom is -0.330 e. The lowest BCUT2D eigenvalue weighted by molar-refractivity contribution is 0.0563. The highest BCUT2D eigenvalue weighted by molar-refractivity contribution is 4.84. The van der Waals surface area contributed by atoms with Crippen LogP contribution in [0.15, 0.2) is 0 Å². The molecule has 0 aromatic heterocycles. The Hall–Kier alpha value is -0.120. The Morgan fingerprint density at radius 3 is 2.11 bits per heavy atom. The molecule has 1 saturated heterocycles. The Balaban J connectivity index is 1.75. The van der Waals surface area contributed by atoms with E-state index in [0.717, 1.165) is 30.8 Å². The first-order valence-electron chi connectivity index (χ1n) is 7.85. The van der Waals surface area contributed by atoms with Gasteiger partial charge >= 0.3 is 0 Å². The van der Waals surface area contributed by atoms with Crippen molar-refractivity contribution in [1.82, 2.24) is 9.80 Å². The van der Waals surface area contributed by atoms with E-state index in [1.54, 1.807) is 0 Å². The molecule has 106 valence electrons. The number of rotatable bonds is 4. The molecule has 2 N–H and O–H groups in total. The summed E-state index contributed by atoms with van der Waals surface area (Å²) in [6.07, 6.45) is 5.44. The number of nitrogens with zero attached hydrogens (tertiary/aromatic N) is 2. The summed E-state index contributed by atoms with van der Waals surface area (Å²) in [7, 11) is 0. The van der Waals surface area contributed by atoms with Gasteiger partial charge in [-0.2, -0.15) is 0 Å². The summed E-state index contributed by atoms with van der Waals surface area (Å²) in [5.41, 5.74) is 5.58. The quantitative estimate of drug-likeness (QED) is 0.829. The molecule has 0 amide bonds. The predicted molar refractivity (Wildman–Crippen MR) is 77.7 cm³/mol. The molecule has 1 heterocycles. The van der Waals surface area contributed by atoms with Crippen LogP contribution in [0, 0.1) is 11.8 Å². The fraction of sp³-hybridized carbons (Fsp3) is 1.00. The van der Waals surface area contributed by atoms with Crippen molar-refractivity contribution in [3.63, 3.8) is 0 Å². The van der Waals surface area contributed by atoms with E-state index < -0.39 is 0 Å². The van der Waals surface area contributed by atoms with Crippen molar-refractivity contribution < 1.29 is 0 Å². The van der Waals surface area contributed by atoms with Gasteiger partial charge in [-0.3, -0.25) is 4.90 Å². The van der Waals surface area contributed by atoms with E-state index in [2.05, 4.69) is 23.6 Å². The molecule has 18 heavy (non-hydrogen) atoms. The van der Waals surface area contributed by atoms with E-state index in [-0.39, 0.29) is 0 Å². The second kappa shape index (κ2) is 6.88. The molecule has 0 bridgehead atoms. The number of hydrogen-bond acceptors (Lipinski definition) is 3. The van der Waals surface area contributed by atoms with E-state index in [0.29, 0.717) is 0 Å². The third-order valence-electron chi connectivity index (χ3n) is 4.76. The Kier molecular flexibility index (Phi) is 5.46. The van der Waals surface area contributed by atoms with Crippen molar-refractivity contribution in [2.45, 2.75) is 45.6 Å². The first-order chi connectivity index (χ1) is 8.69. The van der Waals surface area contributed by atoms with Crippen molar-refractivity contribution in [1.29, 1.82) is 0 Å². The highest BCUT2D eigenvalue weighted by atomic mass is 15.3. The standard InChI is InChI=1S/C15H31N3/c1-13-10-14(2)12-15(11-13)18-8-6-17(7-9-18)5-3-4-16/h13-15H,3-12,16H2,1-2H3. The lowest BCUT2D eigenvalue weighted by Crippen LogP contribution is -2.52. The maximum atomic E-state index is 5.58. The monoisotopic (exact) mass is 253 g/mol. The van der Waals surface area contributed by atoms with Gasteiger partial charge in [0, 0.05) is 32.2 Å². The van der Waals surface area contributed by atoms with Crippen LogP contribution in [0.25, 0.3) is 0 Å². The Morgan fingerprint density at radius 1 is 0.944 bits per heavy atom. The molecule has 0 spiro atoms. The summed E-state index contributed by atoms with van der Waals surface area (Å²) in [4.78, 5) is 5.34. The average molecular weight is 253 g/mol. The van der Waals surface area contributed by atoms with Crippen molar-refractivity contribution in [2.24, 2.45) is 17.6 Å². The van der Waals surface area contributed by atoms with E-state index in [1.807, 2.05) is 0 Å². The van der Waals surface area contributed by atoms with Crippen LogP contribution in [-0.4, -0.2) is 55.1 Å². The number of nitrogens with two attached hydrogens (primary N) is 1. The molecule has 0 radical (unpaired) electrons. The molecular formula is C15H31N3. The minimum atomic E-state index is 0.831. The molecule has 2 atom stereocenters. The van der Waals surface area contributed by atoms with E-state index in [1.165, 1.54) is 52.0 Å². The minimum absolute atomic E-state index is 0.831. The van der Waals surface area contributed by atoms with Crippen molar-refractivity contribution in [2.75, 3.05) is 39.3 Å². The third-order valence-corrected chi connectivity index (χ3v) is 4.76. The topological polar surface area (TPSA) is 32.5 Å². The maximum absolute atomic E-state index is 5.58. The second-order valence-corrected chi connectivity index (χ2v) is 6.59.